The Labute approximate surface area is 194 Å². The number of allylic oxidation sites excluding steroid dienone is 1. The van der Waals surface area contributed by atoms with Gasteiger partial charge in [0.05, 0.1) is 25.5 Å². The summed E-state index contributed by atoms with van der Waals surface area (Å²) >= 11 is 0. The molecule has 168 valence electrons. The Balaban J connectivity index is 1.49. The molecule has 4 aromatic rings. The van der Waals surface area contributed by atoms with Gasteiger partial charge in [-0.3, -0.25) is 14.5 Å². The molecule has 0 bridgehead atoms. The fourth-order valence-corrected chi connectivity index (χ4v) is 5.13. The molecule has 1 N–H and O–H groups in total. The van der Waals surface area contributed by atoms with Gasteiger partial charge in [-0.05, 0) is 31.2 Å². The van der Waals surface area contributed by atoms with E-state index in [9.17, 15) is 4.39 Å². The van der Waals surface area contributed by atoms with Crippen molar-refractivity contribution in [2.24, 2.45) is 4.99 Å². The van der Waals surface area contributed by atoms with Crippen LogP contribution < -0.4 is 10.1 Å². The van der Waals surface area contributed by atoms with E-state index in [0.29, 0.717) is 42.6 Å². The minimum atomic E-state index is -0.279. The predicted molar refractivity (Wildman–Crippen MR) is 124 cm³/mol. The van der Waals surface area contributed by atoms with E-state index in [2.05, 4.69) is 39.1 Å². The molecule has 3 aliphatic rings. The van der Waals surface area contributed by atoms with Gasteiger partial charge < -0.3 is 14.6 Å². The first-order chi connectivity index (χ1) is 16.7. The van der Waals surface area contributed by atoms with Crippen molar-refractivity contribution in [2.75, 3.05) is 6.61 Å². The van der Waals surface area contributed by atoms with Gasteiger partial charge in [0, 0.05) is 52.3 Å². The minimum Gasteiger partial charge on any atom is -0.493 e. The maximum absolute atomic E-state index is 14.9. The lowest BCUT2D eigenvalue weighted by Gasteiger charge is -2.27. The number of nitrogens with one attached hydrogen (secondary N) is 1. The highest BCUT2D eigenvalue weighted by Crippen LogP contribution is 2.39. The lowest BCUT2D eigenvalue weighted by atomic mass is 9.93. The number of hydrogen-bond donors (Lipinski definition) is 1. The van der Waals surface area contributed by atoms with Crippen LogP contribution in [0.15, 0.2) is 59.7 Å². The van der Waals surface area contributed by atoms with E-state index in [0.717, 1.165) is 39.4 Å². The average Bonchev–Trinajstić information content (AvgIpc) is 3.59. The van der Waals surface area contributed by atoms with Gasteiger partial charge in [0.1, 0.15) is 23.6 Å². The highest BCUT2D eigenvalue weighted by atomic mass is 19.1. The maximum Gasteiger partial charge on any atom is 0.171 e. The first-order valence-electron chi connectivity index (χ1n) is 11.2. The number of ether oxygens (including phenoxy) is 1. The number of pyridine rings is 1. The van der Waals surface area contributed by atoms with Crippen molar-refractivity contribution in [3.8, 4) is 17.1 Å². The summed E-state index contributed by atoms with van der Waals surface area (Å²) < 4.78 is 24.5. The summed E-state index contributed by atoms with van der Waals surface area (Å²) in [6.45, 7) is 3.46. The van der Waals surface area contributed by atoms with E-state index in [-0.39, 0.29) is 12.4 Å². The molecule has 7 rings (SSSR count). The molecule has 0 fully saturated rings. The Hall–Kier alpha value is -4.27. The van der Waals surface area contributed by atoms with Crippen molar-refractivity contribution in [1.29, 1.82) is 0 Å². The summed E-state index contributed by atoms with van der Waals surface area (Å²) in [5.41, 5.74) is 7.24. The summed E-state index contributed by atoms with van der Waals surface area (Å²) in [6.07, 6.45) is 6.12. The molecule has 8 nitrogen and oxygen atoms in total. The van der Waals surface area contributed by atoms with Crippen LogP contribution >= 0.6 is 0 Å². The number of aliphatic imine (C=N–C) groups is 1. The molecular formula is C25H20FN7O. The zero-order valence-corrected chi connectivity index (χ0v) is 18.4. The zero-order chi connectivity index (χ0) is 22.8. The van der Waals surface area contributed by atoms with Gasteiger partial charge in [-0.1, -0.05) is 6.07 Å². The van der Waals surface area contributed by atoms with E-state index in [1.165, 1.54) is 6.07 Å². The SMILES string of the molecule is CC1=C2c3cccnc3C(=NCc3c(F)ccc4c3CCO4)n3cnnc3-c3ccn(c32)CN1. The van der Waals surface area contributed by atoms with Crippen LogP contribution in [0.25, 0.3) is 17.0 Å². The number of benzene rings is 1. The van der Waals surface area contributed by atoms with E-state index in [1.54, 1.807) is 18.6 Å². The molecule has 3 aromatic heterocycles. The Bertz CT molecular complexity index is 1540. The van der Waals surface area contributed by atoms with Crippen LogP contribution in [0.5, 0.6) is 5.75 Å². The number of rotatable bonds is 2. The summed E-state index contributed by atoms with van der Waals surface area (Å²) in [6, 6.07) is 9.17. The molecule has 6 heterocycles. The largest absolute Gasteiger partial charge is 0.493 e. The summed E-state index contributed by atoms with van der Waals surface area (Å²) in [4.78, 5) is 9.67. The van der Waals surface area contributed by atoms with Crippen LogP contribution in [0.4, 0.5) is 4.39 Å². The van der Waals surface area contributed by atoms with Crippen LogP contribution in [0.3, 0.4) is 0 Å². The number of halogens is 1. The topological polar surface area (TPSA) is 82.2 Å². The molecule has 1 aromatic carbocycles. The monoisotopic (exact) mass is 453 g/mol. The molecule has 9 heteroatoms. The van der Waals surface area contributed by atoms with Gasteiger partial charge in [-0.15, -0.1) is 10.2 Å². The van der Waals surface area contributed by atoms with Crippen molar-refractivity contribution in [2.45, 2.75) is 26.6 Å². The van der Waals surface area contributed by atoms with E-state index in [1.807, 2.05) is 16.8 Å². The van der Waals surface area contributed by atoms with Crippen LogP contribution in [-0.4, -0.2) is 36.8 Å². The lowest BCUT2D eigenvalue weighted by molar-refractivity contribution is 0.356. The molecule has 0 radical (unpaired) electrons. The standard InChI is InChI=1S/C25H20FN7O/c1-14-21-16-3-2-8-27-22(16)25(28-11-18-15-7-10-34-20(15)5-4-19(18)26)33-13-30-31-24(33)17-6-9-32(12-29-14)23(17)21/h2-6,8-9,13,29H,7,10-12H2,1H3. The van der Waals surface area contributed by atoms with Crippen molar-refractivity contribution in [1.82, 2.24) is 29.6 Å². The van der Waals surface area contributed by atoms with Crippen molar-refractivity contribution >= 4 is 11.4 Å². The molecular weight excluding hydrogens is 433 g/mol. The van der Waals surface area contributed by atoms with Crippen LogP contribution in [0.2, 0.25) is 0 Å². The fourth-order valence-electron chi connectivity index (χ4n) is 5.13. The molecule has 0 atom stereocenters. The Morgan fingerprint density at radius 1 is 1.21 bits per heavy atom. The van der Waals surface area contributed by atoms with E-state index in [4.69, 9.17) is 14.7 Å². The third kappa shape index (κ3) is 2.63. The first kappa shape index (κ1) is 19.2. The average molecular weight is 453 g/mol. The van der Waals surface area contributed by atoms with Gasteiger partial charge in [-0.2, -0.15) is 0 Å². The van der Waals surface area contributed by atoms with E-state index >= 15 is 0 Å². The third-order valence-corrected chi connectivity index (χ3v) is 6.72. The molecule has 0 saturated carbocycles. The molecule has 0 amide bonds. The zero-order valence-electron chi connectivity index (χ0n) is 18.4. The first-order valence-corrected chi connectivity index (χ1v) is 11.2. The number of fused-ring (bicyclic) bond motifs is 5. The molecule has 0 unspecified atom stereocenters. The second-order valence-corrected chi connectivity index (χ2v) is 8.55. The Morgan fingerprint density at radius 2 is 2.15 bits per heavy atom. The Kier molecular flexibility index (Phi) is 4.02. The lowest BCUT2D eigenvalue weighted by Crippen LogP contribution is -2.28. The van der Waals surface area contributed by atoms with Gasteiger partial charge >= 0.3 is 0 Å². The van der Waals surface area contributed by atoms with Crippen molar-refractivity contribution < 1.29 is 9.13 Å². The second-order valence-electron chi connectivity index (χ2n) is 8.55. The van der Waals surface area contributed by atoms with Gasteiger partial charge in [0.25, 0.3) is 0 Å². The summed E-state index contributed by atoms with van der Waals surface area (Å²) in [5.74, 6) is 1.71. The van der Waals surface area contributed by atoms with Crippen LogP contribution in [0.1, 0.15) is 35.0 Å². The highest BCUT2D eigenvalue weighted by Gasteiger charge is 2.31. The summed E-state index contributed by atoms with van der Waals surface area (Å²) in [5, 5.41) is 12.1. The van der Waals surface area contributed by atoms with Crippen LogP contribution in [-0.2, 0) is 19.6 Å². The fraction of sp³-hybridized carbons (Fsp3) is 0.200. The van der Waals surface area contributed by atoms with Gasteiger partial charge in [-0.25, -0.2) is 4.39 Å². The van der Waals surface area contributed by atoms with Gasteiger partial charge in [0.2, 0.25) is 0 Å². The second kappa shape index (κ2) is 7.11. The Morgan fingerprint density at radius 3 is 3.09 bits per heavy atom. The normalized spacial score (nSPS) is 16.7. The van der Waals surface area contributed by atoms with Crippen molar-refractivity contribution in [3.05, 3.63) is 88.6 Å². The molecule has 0 saturated heterocycles. The predicted octanol–water partition coefficient (Wildman–Crippen LogP) is 3.36. The number of hydrogen-bond acceptors (Lipinski definition) is 6. The minimum absolute atomic E-state index is 0.158. The molecule has 0 spiro atoms. The molecule has 0 aliphatic carbocycles. The van der Waals surface area contributed by atoms with Crippen molar-refractivity contribution in [3.63, 3.8) is 0 Å². The van der Waals surface area contributed by atoms with Crippen LogP contribution in [0, 0.1) is 5.82 Å². The quantitative estimate of drug-likeness (QED) is 0.443. The molecule has 34 heavy (non-hydrogen) atoms. The van der Waals surface area contributed by atoms with Gasteiger partial charge in [0.15, 0.2) is 11.7 Å². The third-order valence-electron chi connectivity index (χ3n) is 6.72. The smallest absolute Gasteiger partial charge is 0.171 e. The van der Waals surface area contributed by atoms with E-state index < -0.39 is 0 Å². The maximum atomic E-state index is 14.9. The number of nitrogens with zero attached hydrogens (tertiary/aromatic N) is 6. The highest BCUT2D eigenvalue weighted by molar-refractivity contribution is 6.08. The molecule has 3 aliphatic heterocycles. The number of aromatic nitrogens is 5. The summed E-state index contributed by atoms with van der Waals surface area (Å²) in [7, 11) is 0.